The van der Waals surface area contributed by atoms with Crippen molar-refractivity contribution in [2.45, 2.75) is 58.4 Å². The van der Waals surface area contributed by atoms with Gasteiger partial charge in [0.25, 0.3) is 0 Å². The summed E-state index contributed by atoms with van der Waals surface area (Å²) in [6.45, 7) is 13.0. The molecule has 1 unspecified atom stereocenters. The first-order chi connectivity index (χ1) is 7.06. The second-order valence-electron chi connectivity index (χ2n) is 5.67. The van der Waals surface area contributed by atoms with Gasteiger partial charge in [-0.1, -0.05) is 26.8 Å². The fourth-order valence-electron chi connectivity index (χ4n) is 1.09. The average molecular weight is 244 g/mol. The maximum absolute atomic E-state index is 10.3. The lowest BCUT2D eigenvalue weighted by molar-refractivity contribution is -0.131. The zero-order valence-electron chi connectivity index (χ0n) is 11.2. The summed E-state index contributed by atoms with van der Waals surface area (Å²) in [5.41, 5.74) is 0. The number of carbonyl (C=O) groups is 1. The Labute approximate surface area is 99.6 Å². The van der Waals surface area contributed by atoms with Crippen LogP contribution in [0.2, 0.25) is 18.1 Å². The quantitative estimate of drug-likeness (QED) is 0.595. The van der Waals surface area contributed by atoms with Gasteiger partial charge >= 0.3 is 5.97 Å². The zero-order valence-corrected chi connectivity index (χ0v) is 12.2. The molecule has 0 amide bonds. The monoisotopic (exact) mass is 244 g/mol. The lowest BCUT2D eigenvalue weighted by Crippen LogP contribution is -2.43. The van der Waals surface area contributed by atoms with Crippen LogP contribution in [-0.2, 0) is 9.22 Å². The van der Waals surface area contributed by atoms with Gasteiger partial charge in [0.2, 0.25) is 0 Å². The predicted octanol–water partition coefficient (Wildman–Crippen LogP) is 3.43. The first kappa shape index (κ1) is 15.4. The van der Waals surface area contributed by atoms with E-state index in [0.29, 0.717) is 6.42 Å². The van der Waals surface area contributed by atoms with Gasteiger partial charge in [-0.3, -0.25) is 0 Å². The summed E-state index contributed by atoms with van der Waals surface area (Å²) in [5, 5.41) is 8.66. The molecule has 0 radical (unpaired) electrons. The van der Waals surface area contributed by atoms with E-state index in [1.165, 1.54) is 6.08 Å². The molecule has 3 nitrogen and oxygen atoms in total. The van der Waals surface area contributed by atoms with E-state index in [0.717, 1.165) is 0 Å². The normalized spacial score (nSPS) is 15.4. The standard InChI is InChI=1S/C12H24O3Si/c1-10(8-7-9-11(13)14)15-16(5,6)12(2,3)4/h7,9-10H,8H2,1-6H3,(H,13,14). The summed E-state index contributed by atoms with van der Waals surface area (Å²) in [7, 11) is -1.73. The fourth-order valence-corrected chi connectivity index (χ4v) is 2.54. The van der Waals surface area contributed by atoms with E-state index in [2.05, 4.69) is 33.9 Å². The Morgan fingerprint density at radius 2 is 1.94 bits per heavy atom. The molecule has 0 rings (SSSR count). The predicted molar refractivity (Wildman–Crippen MR) is 69.1 cm³/mol. The molecule has 94 valence electrons. The van der Waals surface area contributed by atoms with Crippen molar-refractivity contribution >= 4 is 14.3 Å². The van der Waals surface area contributed by atoms with Gasteiger partial charge in [0.1, 0.15) is 0 Å². The Kier molecular flexibility index (Phi) is 5.42. The largest absolute Gasteiger partial charge is 0.478 e. The van der Waals surface area contributed by atoms with Gasteiger partial charge in [0.05, 0.1) is 0 Å². The highest BCUT2D eigenvalue weighted by Gasteiger charge is 2.38. The van der Waals surface area contributed by atoms with Crippen molar-refractivity contribution in [3.05, 3.63) is 12.2 Å². The highest BCUT2D eigenvalue weighted by Crippen LogP contribution is 2.37. The van der Waals surface area contributed by atoms with E-state index < -0.39 is 14.3 Å². The van der Waals surface area contributed by atoms with Crippen LogP contribution in [0.1, 0.15) is 34.1 Å². The van der Waals surface area contributed by atoms with Crippen LogP contribution in [0.25, 0.3) is 0 Å². The Morgan fingerprint density at radius 3 is 2.31 bits per heavy atom. The van der Waals surface area contributed by atoms with Gasteiger partial charge in [-0.15, -0.1) is 0 Å². The van der Waals surface area contributed by atoms with Crippen LogP contribution in [0.4, 0.5) is 0 Å². The molecule has 0 fully saturated rings. The number of aliphatic carboxylic acids is 1. The molecule has 4 heteroatoms. The maximum Gasteiger partial charge on any atom is 0.327 e. The van der Waals surface area contributed by atoms with Gasteiger partial charge in [-0.2, -0.15) is 0 Å². The maximum atomic E-state index is 10.3. The summed E-state index contributed by atoms with van der Waals surface area (Å²) >= 11 is 0. The molecule has 0 saturated carbocycles. The second-order valence-corrected chi connectivity index (χ2v) is 10.4. The minimum absolute atomic E-state index is 0.0801. The molecule has 0 spiro atoms. The van der Waals surface area contributed by atoms with Crippen LogP contribution in [0.15, 0.2) is 12.2 Å². The van der Waals surface area contributed by atoms with Crippen molar-refractivity contribution < 1.29 is 14.3 Å². The van der Waals surface area contributed by atoms with E-state index in [9.17, 15) is 4.79 Å². The van der Waals surface area contributed by atoms with E-state index in [-0.39, 0.29) is 11.1 Å². The summed E-state index contributed by atoms with van der Waals surface area (Å²) in [6, 6.07) is 0. The molecular formula is C12H24O3Si. The smallest absolute Gasteiger partial charge is 0.327 e. The third-order valence-corrected chi connectivity index (χ3v) is 7.63. The van der Waals surface area contributed by atoms with E-state index in [4.69, 9.17) is 9.53 Å². The number of carboxylic acid groups (broad SMARTS) is 1. The molecule has 0 bridgehead atoms. The molecule has 16 heavy (non-hydrogen) atoms. The Morgan fingerprint density at radius 1 is 1.44 bits per heavy atom. The van der Waals surface area contributed by atoms with E-state index in [1.807, 2.05) is 6.92 Å². The molecule has 0 aliphatic carbocycles. The Balaban J connectivity index is 4.24. The minimum Gasteiger partial charge on any atom is -0.478 e. The molecule has 0 aliphatic rings. The molecule has 0 aliphatic heterocycles. The molecule has 1 atom stereocenters. The van der Waals surface area contributed by atoms with Gasteiger partial charge in [-0.25, -0.2) is 4.79 Å². The molecule has 0 aromatic carbocycles. The van der Waals surface area contributed by atoms with Crippen LogP contribution in [0.5, 0.6) is 0 Å². The van der Waals surface area contributed by atoms with Crippen LogP contribution < -0.4 is 0 Å². The zero-order chi connectivity index (χ0) is 13.0. The van der Waals surface area contributed by atoms with Crippen LogP contribution in [0.3, 0.4) is 0 Å². The summed E-state index contributed by atoms with van der Waals surface area (Å²) in [4.78, 5) is 10.3. The average Bonchev–Trinajstić information content (AvgIpc) is 1.99. The van der Waals surface area contributed by atoms with E-state index in [1.54, 1.807) is 6.08 Å². The van der Waals surface area contributed by atoms with Gasteiger partial charge in [0, 0.05) is 12.2 Å². The number of hydrogen-bond donors (Lipinski definition) is 1. The number of carboxylic acids is 1. The van der Waals surface area contributed by atoms with Gasteiger partial charge in [-0.05, 0) is 31.5 Å². The van der Waals surface area contributed by atoms with Crippen LogP contribution in [0, 0.1) is 0 Å². The number of rotatable bonds is 5. The minimum atomic E-state index is -1.73. The molecule has 0 saturated heterocycles. The van der Waals surface area contributed by atoms with Crippen molar-refractivity contribution in [1.82, 2.24) is 0 Å². The van der Waals surface area contributed by atoms with E-state index >= 15 is 0 Å². The van der Waals surface area contributed by atoms with Gasteiger partial charge in [0.15, 0.2) is 8.32 Å². The first-order valence-electron chi connectivity index (χ1n) is 5.63. The first-order valence-corrected chi connectivity index (χ1v) is 8.54. The van der Waals surface area contributed by atoms with Gasteiger partial charge < -0.3 is 9.53 Å². The van der Waals surface area contributed by atoms with Crippen LogP contribution >= 0.6 is 0 Å². The van der Waals surface area contributed by atoms with Crippen molar-refractivity contribution in [2.24, 2.45) is 0 Å². The lowest BCUT2D eigenvalue weighted by atomic mass is 10.2. The van der Waals surface area contributed by atoms with Crippen LogP contribution in [-0.4, -0.2) is 25.5 Å². The fraction of sp³-hybridized carbons (Fsp3) is 0.750. The van der Waals surface area contributed by atoms with Crippen molar-refractivity contribution in [3.8, 4) is 0 Å². The highest BCUT2D eigenvalue weighted by atomic mass is 28.4. The molecule has 0 heterocycles. The molecular weight excluding hydrogens is 220 g/mol. The van der Waals surface area contributed by atoms with Crippen molar-refractivity contribution in [1.29, 1.82) is 0 Å². The SMILES string of the molecule is CC(CC=CC(=O)O)O[Si](C)(C)C(C)(C)C. The highest BCUT2D eigenvalue weighted by molar-refractivity contribution is 6.74. The summed E-state index contributed by atoms with van der Waals surface area (Å²) in [5.74, 6) is -0.903. The number of hydrogen-bond acceptors (Lipinski definition) is 2. The topological polar surface area (TPSA) is 46.5 Å². The van der Waals surface area contributed by atoms with Crippen molar-refractivity contribution in [2.75, 3.05) is 0 Å². The summed E-state index contributed by atoms with van der Waals surface area (Å²) in [6.07, 6.45) is 3.56. The third-order valence-electron chi connectivity index (χ3n) is 3.03. The van der Waals surface area contributed by atoms with Crippen molar-refractivity contribution in [3.63, 3.8) is 0 Å². The Hall–Kier alpha value is -0.613. The lowest BCUT2D eigenvalue weighted by Gasteiger charge is -2.38. The molecule has 0 aromatic rings. The molecule has 0 aromatic heterocycles. The Bertz CT molecular complexity index is 264. The summed E-state index contributed by atoms with van der Waals surface area (Å²) < 4.78 is 6.08. The second kappa shape index (κ2) is 5.64. The molecule has 1 N–H and O–H groups in total. The third kappa shape index (κ3) is 5.46.